The Balaban J connectivity index is 1.64. The molecule has 1 atom stereocenters. The highest BCUT2D eigenvalue weighted by Gasteiger charge is 2.22. The van der Waals surface area contributed by atoms with Gasteiger partial charge in [-0.25, -0.2) is 4.98 Å². The predicted molar refractivity (Wildman–Crippen MR) is 79.7 cm³/mol. The number of ether oxygens (including phenoxy) is 1. The van der Waals surface area contributed by atoms with Gasteiger partial charge in [-0.3, -0.25) is 0 Å². The summed E-state index contributed by atoms with van der Waals surface area (Å²) in [5, 5.41) is 3.35. The van der Waals surface area contributed by atoms with E-state index in [1.165, 1.54) is 11.1 Å². The average molecular weight is 319 g/mol. The Morgan fingerprint density at radius 3 is 3.05 bits per heavy atom. The summed E-state index contributed by atoms with van der Waals surface area (Å²) in [6, 6.07) is 10.2. The first-order valence-corrected chi connectivity index (χ1v) is 7.13. The van der Waals surface area contributed by atoms with Gasteiger partial charge in [-0.15, -0.1) is 0 Å². The van der Waals surface area contributed by atoms with E-state index in [1.54, 1.807) is 0 Å². The second kappa shape index (κ2) is 5.21. The van der Waals surface area contributed by atoms with Gasteiger partial charge in [0.25, 0.3) is 0 Å². The summed E-state index contributed by atoms with van der Waals surface area (Å²) in [4.78, 5) is 4.34. The molecule has 0 bridgehead atoms. The molecule has 1 aliphatic rings. The smallest absolute Gasteiger partial charge is 0.140 e. The van der Waals surface area contributed by atoms with Crippen LogP contribution in [0.5, 0.6) is 5.75 Å². The highest BCUT2D eigenvalue weighted by Crippen LogP contribution is 2.29. The number of pyridine rings is 1. The van der Waals surface area contributed by atoms with Crippen LogP contribution in [0.4, 0.5) is 5.82 Å². The van der Waals surface area contributed by atoms with Crippen molar-refractivity contribution in [1.29, 1.82) is 0 Å². The number of halogens is 1. The molecule has 0 fully saturated rings. The third kappa shape index (κ3) is 2.59. The normalized spacial score (nSPS) is 16.8. The van der Waals surface area contributed by atoms with Crippen molar-refractivity contribution in [2.45, 2.75) is 19.4 Å². The van der Waals surface area contributed by atoms with E-state index >= 15 is 0 Å². The van der Waals surface area contributed by atoms with Crippen molar-refractivity contribution in [1.82, 2.24) is 4.98 Å². The molecule has 4 heteroatoms. The van der Waals surface area contributed by atoms with Gasteiger partial charge in [0.15, 0.2) is 0 Å². The number of rotatable bonds is 3. The Bertz CT molecular complexity index is 575. The largest absolute Gasteiger partial charge is 0.488 e. The van der Waals surface area contributed by atoms with Gasteiger partial charge < -0.3 is 10.1 Å². The maximum Gasteiger partial charge on any atom is 0.140 e. The van der Waals surface area contributed by atoms with E-state index in [4.69, 9.17) is 4.74 Å². The molecule has 0 saturated heterocycles. The molecule has 1 aromatic heterocycles. The van der Waals surface area contributed by atoms with E-state index in [9.17, 15) is 0 Å². The minimum absolute atomic E-state index is 0.173. The minimum Gasteiger partial charge on any atom is -0.488 e. The molecule has 19 heavy (non-hydrogen) atoms. The van der Waals surface area contributed by atoms with Crippen LogP contribution in [0.2, 0.25) is 0 Å². The second-order valence-electron chi connectivity index (χ2n) is 4.72. The lowest BCUT2D eigenvalue weighted by Crippen LogP contribution is -2.24. The fourth-order valence-electron chi connectivity index (χ4n) is 2.24. The van der Waals surface area contributed by atoms with Crippen molar-refractivity contribution in [3.63, 3.8) is 0 Å². The summed E-state index contributed by atoms with van der Waals surface area (Å²) in [6.07, 6.45) is 2.94. The molecule has 2 heterocycles. The summed E-state index contributed by atoms with van der Waals surface area (Å²) in [5.41, 5.74) is 2.46. The monoisotopic (exact) mass is 318 g/mol. The molecule has 0 saturated carbocycles. The molecular weight excluding hydrogens is 304 g/mol. The fourth-order valence-corrected chi connectivity index (χ4v) is 2.62. The Labute approximate surface area is 121 Å². The summed E-state index contributed by atoms with van der Waals surface area (Å²) >= 11 is 3.55. The molecule has 1 aromatic carbocycles. The Hall–Kier alpha value is -1.55. The van der Waals surface area contributed by atoms with Gasteiger partial charge in [0, 0.05) is 12.6 Å². The van der Waals surface area contributed by atoms with Crippen LogP contribution in [-0.2, 0) is 6.42 Å². The zero-order chi connectivity index (χ0) is 13.2. The summed E-state index contributed by atoms with van der Waals surface area (Å²) in [7, 11) is 0. The molecule has 0 spiro atoms. The van der Waals surface area contributed by atoms with Gasteiger partial charge in [-0.1, -0.05) is 18.2 Å². The van der Waals surface area contributed by atoms with E-state index in [0.717, 1.165) is 29.0 Å². The standard InChI is InChI=1S/C15H15BrN2O/c1-10-6-7-17-15(14(10)16)18-9-12-8-11-4-2-3-5-13(11)19-12/h2-7,12H,8-9H2,1H3,(H,17,18). The number of anilines is 1. The molecule has 1 unspecified atom stereocenters. The minimum atomic E-state index is 0.173. The van der Waals surface area contributed by atoms with Gasteiger partial charge in [0.2, 0.25) is 0 Å². The number of nitrogens with one attached hydrogen (secondary N) is 1. The van der Waals surface area contributed by atoms with Crippen LogP contribution in [0.3, 0.4) is 0 Å². The van der Waals surface area contributed by atoms with E-state index in [2.05, 4.69) is 45.3 Å². The number of benzene rings is 1. The lowest BCUT2D eigenvalue weighted by atomic mass is 10.1. The van der Waals surface area contributed by atoms with Crippen molar-refractivity contribution < 1.29 is 4.74 Å². The van der Waals surface area contributed by atoms with Crippen molar-refractivity contribution >= 4 is 21.7 Å². The van der Waals surface area contributed by atoms with Crippen molar-refractivity contribution in [2.75, 3.05) is 11.9 Å². The van der Waals surface area contributed by atoms with Crippen LogP contribution in [-0.4, -0.2) is 17.6 Å². The number of aromatic nitrogens is 1. The summed E-state index contributed by atoms with van der Waals surface area (Å²) in [5.74, 6) is 1.88. The first kappa shape index (κ1) is 12.5. The van der Waals surface area contributed by atoms with Crippen molar-refractivity contribution in [2.24, 2.45) is 0 Å². The van der Waals surface area contributed by atoms with Gasteiger partial charge in [0.1, 0.15) is 17.7 Å². The molecule has 0 aliphatic carbocycles. The Morgan fingerprint density at radius 1 is 1.37 bits per heavy atom. The highest BCUT2D eigenvalue weighted by atomic mass is 79.9. The van der Waals surface area contributed by atoms with Gasteiger partial charge in [-0.2, -0.15) is 0 Å². The molecule has 2 aromatic rings. The number of aryl methyl sites for hydroxylation is 1. The molecule has 0 radical (unpaired) electrons. The van der Waals surface area contributed by atoms with E-state index in [-0.39, 0.29) is 6.10 Å². The lowest BCUT2D eigenvalue weighted by Gasteiger charge is -2.13. The first-order chi connectivity index (χ1) is 9.24. The van der Waals surface area contributed by atoms with Crippen LogP contribution >= 0.6 is 15.9 Å². The third-order valence-corrected chi connectivity index (χ3v) is 4.29. The molecule has 1 aliphatic heterocycles. The first-order valence-electron chi connectivity index (χ1n) is 6.33. The Kier molecular flexibility index (Phi) is 3.42. The average Bonchev–Trinajstić information content (AvgIpc) is 2.83. The molecular formula is C15H15BrN2O. The lowest BCUT2D eigenvalue weighted by molar-refractivity contribution is 0.246. The van der Waals surface area contributed by atoms with Crippen LogP contribution in [0, 0.1) is 6.92 Å². The van der Waals surface area contributed by atoms with Crippen LogP contribution in [0.1, 0.15) is 11.1 Å². The number of nitrogens with zero attached hydrogens (tertiary/aromatic N) is 1. The topological polar surface area (TPSA) is 34.2 Å². The number of fused-ring (bicyclic) bond motifs is 1. The summed E-state index contributed by atoms with van der Waals surface area (Å²) in [6.45, 7) is 2.81. The molecule has 98 valence electrons. The maximum absolute atomic E-state index is 5.89. The predicted octanol–water partition coefficient (Wildman–Crippen LogP) is 3.57. The summed E-state index contributed by atoms with van der Waals surface area (Å²) < 4.78 is 6.91. The zero-order valence-electron chi connectivity index (χ0n) is 10.7. The maximum atomic E-state index is 5.89. The Morgan fingerprint density at radius 2 is 2.21 bits per heavy atom. The van der Waals surface area contributed by atoms with Crippen LogP contribution in [0.15, 0.2) is 41.0 Å². The van der Waals surface area contributed by atoms with Crippen molar-refractivity contribution in [3.05, 3.63) is 52.1 Å². The zero-order valence-corrected chi connectivity index (χ0v) is 12.3. The number of hydrogen-bond donors (Lipinski definition) is 1. The van der Waals surface area contributed by atoms with Crippen LogP contribution < -0.4 is 10.1 Å². The van der Waals surface area contributed by atoms with Crippen LogP contribution in [0.25, 0.3) is 0 Å². The highest BCUT2D eigenvalue weighted by molar-refractivity contribution is 9.10. The van der Waals surface area contributed by atoms with E-state index in [1.807, 2.05) is 24.4 Å². The number of hydrogen-bond acceptors (Lipinski definition) is 3. The quantitative estimate of drug-likeness (QED) is 0.939. The number of para-hydroxylation sites is 1. The second-order valence-corrected chi connectivity index (χ2v) is 5.52. The van der Waals surface area contributed by atoms with Crippen molar-refractivity contribution in [3.8, 4) is 5.75 Å². The van der Waals surface area contributed by atoms with Gasteiger partial charge in [-0.05, 0) is 46.1 Å². The van der Waals surface area contributed by atoms with E-state index in [0.29, 0.717) is 0 Å². The third-order valence-electron chi connectivity index (χ3n) is 3.29. The molecule has 1 N–H and O–H groups in total. The SMILES string of the molecule is Cc1ccnc(NCC2Cc3ccccc3O2)c1Br. The van der Waals surface area contributed by atoms with Gasteiger partial charge >= 0.3 is 0 Å². The molecule has 3 nitrogen and oxygen atoms in total. The molecule has 3 rings (SSSR count). The van der Waals surface area contributed by atoms with E-state index < -0.39 is 0 Å². The molecule has 0 amide bonds. The van der Waals surface area contributed by atoms with Gasteiger partial charge in [0.05, 0.1) is 11.0 Å². The fraction of sp³-hybridized carbons (Fsp3) is 0.267.